The van der Waals surface area contributed by atoms with Crippen molar-refractivity contribution in [2.75, 3.05) is 0 Å². The van der Waals surface area contributed by atoms with Crippen molar-refractivity contribution in [3.05, 3.63) is 23.8 Å². The van der Waals surface area contributed by atoms with Gasteiger partial charge in [-0.25, -0.2) is 4.79 Å². The van der Waals surface area contributed by atoms with E-state index in [0.29, 0.717) is 5.56 Å². The van der Waals surface area contributed by atoms with Gasteiger partial charge in [0.25, 0.3) is 0 Å². The summed E-state index contributed by atoms with van der Waals surface area (Å²) in [5, 5.41) is 38.7. The SMILES string of the molecule is N[C@@H](CCC(O)O)C(=O)N[C@@H](Cc1ccc(OS(=O)O)c(O)c1)C(=O)O. The highest BCUT2D eigenvalue weighted by Crippen LogP contribution is 2.27. The minimum absolute atomic E-state index is 0.0546. The quantitative estimate of drug-likeness (QED) is 0.180. The second-order valence-corrected chi connectivity index (χ2v) is 5.97. The van der Waals surface area contributed by atoms with Crippen LogP contribution in [-0.4, -0.2) is 59.4 Å². The Morgan fingerprint density at radius 1 is 1.27 bits per heavy atom. The lowest BCUT2D eigenvalue weighted by Crippen LogP contribution is -2.49. The fraction of sp³-hybridized carbons (Fsp3) is 0.429. The van der Waals surface area contributed by atoms with Crippen molar-refractivity contribution >= 4 is 23.2 Å². The molecule has 0 aromatic heterocycles. The molecule has 0 bridgehead atoms. The molecule has 26 heavy (non-hydrogen) atoms. The van der Waals surface area contributed by atoms with Crippen LogP contribution in [0.2, 0.25) is 0 Å². The van der Waals surface area contributed by atoms with Gasteiger partial charge in [-0.05, 0) is 30.5 Å². The van der Waals surface area contributed by atoms with Crippen LogP contribution in [0.1, 0.15) is 18.4 Å². The number of phenols is 1. The molecule has 0 aliphatic rings. The average Bonchev–Trinajstić information content (AvgIpc) is 2.53. The van der Waals surface area contributed by atoms with Crippen molar-refractivity contribution in [1.82, 2.24) is 5.32 Å². The summed E-state index contributed by atoms with van der Waals surface area (Å²) in [4.78, 5) is 23.2. The van der Waals surface area contributed by atoms with Gasteiger partial charge in [0, 0.05) is 6.42 Å². The van der Waals surface area contributed by atoms with E-state index in [2.05, 4.69) is 9.50 Å². The molecular formula is C14H20N2O9S. The molecule has 0 heterocycles. The molecule has 1 aromatic rings. The van der Waals surface area contributed by atoms with E-state index >= 15 is 0 Å². The Morgan fingerprint density at radius 2 is 1.92 bits per heavy atom. The first-order valence-electron chi connectivity index (χ1n) is 7.36. The van der Waals surface area contributed by atoms with Crippen LogP contribution in [0.3, 0.4) is 0 Å². The fourth-order valence-electron chi connectivity index (χ4n) is 2.01. The maximum atomic E-state index is 11.9. The molecule has 0 aliphatic heterocycles. The number of rotatable bonds is 10. The first-order chi connectivity index (χ1) is 12.1. The number of phenolic OH excluding ortho intramolecular Hbond substituents is 1. The van der Waals surface area contributed by atoms with Gasteiger partial charge in [0.2, 0.25) is 5.91 Å². The molecule has 1 rings (SSSR count). The number of nitrogens with two attached hydrogens (primary N) is 1. The zero-order valence-corrected chi connectivity index (χ0v) is 14.3. The number of aliphatic hydroxyl groups excluding tert-OH is 1. The normalized spacial score (nSPS) is 14.5. The lowest BCUT2D eigenvalue weighted by molar-refractivity contribution is -0.142. The molecule has 12 heteroatoms. The highest BCUT2D eigenvalue weighted by atomic mass is 32.2. The molecule has 0 aliphatic carbocycles. The number of aliphatic carboxylic acids is 1. The van der Waals surface area contributed by atoms with Crippen LogP contribution in [0.25, 0.3) is 0 Å². The van der Waals surface area contributed by atoms with Gasteiger partial charge in [0.05, 0.1) is 6.04 Å². The van der Waals surface area contributed by atoms with Crippen LogP contribution in [-0.2, 0) is 27.4 Å². The second-order valence-electron chi connectivity index (χ2n) is 5.37. The van der Waals surface area contributed by atoms with Crippen molar-refractivity contribution in [2.45, 2.75) is 37.6 Å². The Balaban J connectivity index is 2.76. The number of nitrogens with one attached hydrogen (secondary N) is 1. The number of carbonyl (C=O) groups is 2. The topological polar surface area (TPSA) is 200 Å². The predicted octanol–water partition coefficient (Wildman–Crippen LogP) is -1.56. The molecule has 3 atom stereocenters. The van der Waals surface area contributed by atoms with E-state index in [1.807, 2.05) is 0 Å². The maximum absolute atomic E-state index is 11.9. The van der Waals surface area contributed by atoms with Gasteiger partial charge in [0.15, 0.2) is 17.8 Å². The third-order valence-corrected chi connectivity index (χ3v) is 3.63. The third-order valence-electron chi connectivity index (χ3n) is 3.31. The molecule has 11 nitrogen and oxygen atoms in total. The van der Waals surface area contributed by atoms with E-state index in [0.717, 1.165) is 6.07 Å². The lowest BCUT2D eigenvalue weighted by Gasteiger charge is -2.18. The number of carbonyl (C=O) groups excluding carboxylic acids is 1. The Kier molecular flexibility index (Phi) is 8.41. The number of hydrogen-bond acceptors (Lipinski definition) is 8. The molecule has 1 amide bonds. The minimum Gasteiger partial charge on any atom is -0.504 e. The highest BCUT2D eigenvalue weighted by Gasteiger charge is 2.24. The smallest absolute Gasteiger partial charge is 0.357 e. The standard InChI is InChI=1S/C14H20N2O9S/c15-8(2-4-12(18)19)13(20)16-9(14(21)22)5-7-1-3-11(10(17)6-7)25-26(23)24/h1,3,6,8-9,12,17-19H,2,4-5,15H2,(H,16,20)(H,21,22)(H,23,24)/t8-,9-/m0/s1. The number of aromatic hydroxyl groups is 1. The van der Waals surface area contributed by atoms with Crippen LogP contribution in [0, 0.1) is 0 Å². The van der Waals surface area contributed by atoms with E-state index < -0.39 is 47.4 Å². The number of benzene rings is 1. The van der Waals surface area contributed by atoms with Gasteiger partial charge in [-0.3, -0.25) is 9.35 Å². The average molecular weight is 392 g/mol. The number of amides is 1. The summed E-state index contributed by atoms with van der Waals surface area (Å²) >= 11 is -2.63. The van der Waals surface area contributed by atoms with E-state index in [9.17, 15) is 24.0 Å². The molecule has 0 saturated heterocycles. The molecule has 146 valence electrons. The summed E-state index contributed by atoms with van der Waals surface area (Å²) in [6.07, 6.45) is -2.03. The lowest BCUT2D eigenvalue weighted by atomic mass is 10.0. The van der Waals surface area contributed by atoms with Crippen LogP contribution < -0.4 is 15.2 Å². The van der Waals surface area contributed by atoms with Crippen LogP contribution in [0.4, 0.5) is 0 Å². The molecule has 1 unspecified atom stereocenters. The van der Waals surface area contributed by atoms with Gasteiger partial charge in [0.1, 0.15) is 6.04 Å². The van der Waals surface area contributed by atoms with E-state index in [-0.39, 0.29) is 25.0 Å². The third kappa shape index (κ3) is 7.33. The summed E-state index contributed by atoms with van der Waals surface area (Å²) in [5.74, 6) is -2.87. The van der Waals surface area contributed by atoms with E-state index in [1.165, 1.54) is 12.1 Å². The molecule has 0 saturated carbocycles. The highest BCUT2D eigenvalue weighted by molar-refractivity contribution is 7.74. The number of aliphatic hydroxyl groups is 2. The Morgan fingerprint density at radius 3 is 2.42 bits per heavy atom. The monoisotopic (exact) mass is 392 g/mol. The Labute approximate surface area is 150 Å². The first kappa shape index (κ1) is 21.8. The van der Waals surface area contributed by atoms with Crippen molar-refractivity contribution in [2.24, 2.45) is 5.73 Å². The van der Waals surface area contributed by atoms with Gasteiger partial charge in [-0.1, -0.05) is 6.07 Å². The number of carboxylic acids is 1. The largest absolute Gasteiger partial charge is 0.504 e. The molecule has 8 N–H and O–H groups in total. The maximum Gasteiger partial charge on any atom is 0.357 e. The molecular weight excluding hydrogens is 372 g/mol. The van der Waals surface area contributed by atoms with Gasteiger partial charge in [-0.2, -0.15) is 4.21 Å². The fourth-order valence-corrected chi connectivity index (χ4v) is 2.31. The van der Waals surface area contributed by atoms with Crippen LogP contribution in [0.15, 0.2) is 18.2 Å². The van der Waals surface area contributed by atoms with Crippen LogP contribution in [0.5, 0.6) is 11.5 Å². The second kappa shape index (κ2) is 10.0. The predicted molar refractivity (Wildman–Crippen MR) is 88.2 cm³/mol. The summed E-state index contributed by atoms with van der Waals surface area (Å²) in [7, 11) is 0. The minimum atomic E-state index is -2.63. The zero-order valence-electron chi connectivity index (χ0n) is 13.4. The number of hydrogen-bond donors (Lipinski definition) is 7. The Bertz CT molecular complexity index is 668. The molecule has 0 spiro atoms. The van der Waals surface area contributed by atoms with Gasteiger partial charge >= 0.3 is 17.3 Å². The number of carboxylic acid groups (broad SMARTS) is 1. The van der Waals surface area contributed by atoms with E-state index in [4.69, 9.17) is 20.5 Å². The Hall–Kier alpha value is -2.25. The van der Waals surface area contributed by atoms with Crippen molar-refractivity contribution in [3.8, 4) is 11.5 Å². The van der Waals surface area contributed by atoms with Crippen molar-refractivity contribution in [3.63, 3.8) is 0 Å². The van der Waals surface area contributed by atoms with Crippen molar-refractivity contribution in [1.29, 1.82) is 0 Å². The first-order valence-corrected chi connectivity index (χ1v) is 8.39. The van der Waals surface area contributed by atoms with Gasteiger partial charge < -0.3 is 35.7 Å². The molecule has 1 aromatic carbocycles. The summed E-state index contributed by atoms with van der Waals surface area (Å²) in [6.45, 7) is 0. The van der Waals surface area contributed by atoms with E-state index in [1.54, 1.807) is 0 Å². The van der Waals surface area contributed by atoms with Crippen LogP contribution >= 0.6 is 0 Å². The van der Waals surface area contributed by atoms with Crippen molar-refractivity contribution < 1.29 is 43.0 Å². The summed E-state index contributed by atoms with van der Waals surface area (Å²) in [5.41, 5.74) is 5.87. The molecule has 0 fully saturated rings. The zero-order chi connectivity index (χ0) is 19.9. The molecule has 0 radical (unpaired) electrons. The summed E-state index contributed by atoms with van der Waals surface area (Å²) in [6, 6.07) is 1.18. The van der Waals surface area contributed by atoms with Gasteiger partial charge in [-0.15, -0.1) is 0 Å². The summed E-state index contributed by atoms with van der Waals surface area (Å²) < 4.78 is 23.6.